The van der Waals surface area contributed by atoms with Crippen LogP contribution in [0, 0.1) is 5.92 Å². The van der Waals surface area contributed by atoms with Crippen LogP contribution < -0.4 is 10.6 Å². The Morgan fingerprint density at radius 1 is 0.979 bits per heavy atom. The minimum Gasteiger partial charge on any atom is -0.460 e. The van der Waals surface area contributed by atoms with Crippen LogP contribution in [0.4, 0.5) is 15.3 Å². The summed E-state index contributed by atoms with van der Waals surface area (Å²) in [6.07, 6.45) is 5.14. The van der Waals surface area contributed by atoms with E-state index in [1.165, 1.54) is 7.11 Å². The summed E-state index contributed by atoms with van der Waals surface area (Å²) >= 11 is 0. The van der Waals surface area contributed by atoms with E-state index >= 15 is 0 Å². The van der Waals surface area contributed by atoms with Gasteiger partial charge in [0.25, 0.3) is 0 Å². The van der Waals surface area contributed by atoms with E-state index < -0.39 is 43.4 Å². The first kappa shape index (κ1) is 40.3. The Morgan fingerprint density at radius 2 is 1.62 bits per heavy atom. The Hall–Kier alpha value is -3.90. The van der Waals surface area contributed by atoms with Crippen molar-refractivity contribution < 1.29 is 33.3 Å². The summed E-state index contributed by atoms with van der Waals surface area (Å²) in [4.78, 5) is 43.3. The van der Waals surface area contributed by atoms with Gasteiger partial charge in [-0.3, -0.25) is 10.1 Å². The number of aromatic nitrogens is 2. The van der Waals surface area contributed by atoms with Crippen molar-refractivity contribution in [3.8, 4) is 11.3 Å². The Bertz CT molecular complexity index is 1420. The molecule has 0 spiro atoms. The average molecular weight is 685 g/mol. The molecule has 2 atom stereocenters. The molecule has 0 saturated carbocycles. The number of alkyl carbamates (subject to hydrolysis) is 1. The number of amides is 2. The molecule has 1 aromatic carbocycles. The molecule has 266 valence electrons. The van der Waals surface area contributed by atoms with Crippen molar-refractivity contribution in [2.24, 2.45) is 5.92 Å². The van der Waals surface area contributed by atoms with Crippen molar-refractivity contribution in [1.82, 2.24) is 14.9 Å². The predicted molar refractivity (Wildman–Crippen MR) is 193 cm³/mol. The van der Waals surface area contributed by atoms with Gasteiger partial charge in [-0.05, 0) is 84.5 Å². The SMILES string of the molecule is C=CCC(Cc1cc(NC(=O)OC)ccc1-c1cn(COCC[Si](C)(C)C)c([C@H](CC=C)NC(=O)OC(C)(C)C)n1)C(=O)OC(C)(C)C. The van der Waals surface area contributed by atoms with E-state index in [1.807, 2.05) is 37.6 Å². The molecule has 2 amide bonds. The standard InChI is InChI=1S/C36H56N4O7Si/c1-13-15-25(32(41)46-35(3,4)5)21-26-22-27(37-33(42)44-9)17-18-28(26)30-23-40(24-45-19-20-48(10,11)12)31(38-30)29(16-14-2)39-34(43)47-36(6,7)8/h13-14,17-18,22-23,25,29H,1-2,15-16,19-21,24H2,3-12H3,(H,37,42)(H,39,43)/t25?,29-/m0/s1. The maximum atomic E-state index is 13.3. The largest absolute Gasteiger partial charge is 0.460 e. The predicted octanol–water partition coefficient (Wildman–Crippen LogP) is 8.26. The number of methoxy groups -OCH3 is 1. The number of esters is 1. The highest BCUT2D eigenvalue weighted by atomic mass is 28.3. The molecule has 2 N–H and O–H groups in total. The minimum atomic E-state index is -1.33. The number of nitrogens with zero attached hydrogens (tertiary/aromatic N) is 2. The number of hydrogen-bond donors (Lipinski definition) is 2. The number of ether oxygens (including phenoxy) is 4. The van der Waals surface area contributed by atoms with Gasteiger partial charge in [0, 0.05) is 32.1 Å². The van der Waals surface area contributed by atoms with E-state index in [9.17, 15) is 14.4 Å². The molecule has 2 aromatic rings. The average Bonchev–Trinajstić information content (AvgIpc) is 3.36. The van der Waals surface area contributed by atoms with Crippen LogP contribution in [0.3, 0.4) is 0 Å². The van der Waals surface area contributed by atoms with E-state index in [2.05, 4.69) is 43.4 Å². The van der Waals surface area contributed by atoms with Gasteiger partial charge in [-0.1, -0.05) is 37.9 Å². The number of nitrogens with one attached hydrogen (secondary N) is 2. The monoisotopic (exact) mass is 684 g/mol. The van der Waals surface area contributed by atoms with E-state index in [0.29, 0.717) is 36.7 Å². The van der Waals surface area contributed by atoms with Crippen LogP contribution in [0.1, 0.15) is 71.8 Å². The molecule has 12 heteroatoms. The molecule has 1 heterocycles. The number of benzene rings is 1. The van der Waals surface area contributed by atoms with Gasteiger partial charge in [0.05, 0.1) is 24.8 Å². The van der Waals surface area contributed by atoms with Crippen molar-refractivity contribution in [1.29, 1.82) is 0 Å². The fraction of sp³-hybridized carbons (Fsp3) is 0.556. The Kier molecular flexibility index (Phi) is 14.7. The molecule has 0 saturated heterocycles. The molecule has 0 aliphatic heterocycles. The first-order chi connectivity index (χ1) is 22.2. The van der Waals surface area contributed by atoms with Crippen LogP contribution in [0.2, 0.25) is 25.7 Å². The lowest BCUT2D eigenvalue weighted by molar-refractivity contribution is -0.159. The third-order valence-corrected chi connectivity index (χ3v) is 8.61. The maximum absolute atomic E-state index is 13.3. The third kappa shape index (κ3) is 14.1. The van der Waals surface area contributed by atoms with Crippen LogP contribution in [-0.2, 0) is 36.9 Å². The highest BCUT2D eigenvalue weighted by molar-refractivity contribution is 6.76. The molecule has 2 rings (SSSR count). The van der Waals surface area contributed by atoms with Crippen LogP contribution in [0.15, 0.2) is 49.7 Å². The van der Waals surface area contributed by atoms with Crippen LogP contribution in [0.5, 0.6) is 0 Å². The van der Waals surface area contributed by atoms with Gasteiger partial charge in [0.2, 0.25) is 0 Å². The minimum absolute atomic E-state index is 0.213. The van der Waals surface area contributed by atoms with Gasteiger partial charge in [-0.15, -0.1) is 13.2 Å². The zero-order chi connectivity index (χ0) is 36.3. The Labute approximate surface area is 287 Å². The molecule has 0 fully saturated rings. The fourth-order valence-electron chi connectivity index (χ4n) is 4.70. The summed E-state index contributed by atoms with van der Waals surface area (Å²) in [5.74, 6) is -0.335. The second-order valence-corrected chi connectivity index (χ2v) is 20.6. The van der Waals surface area contributed by atoms with Crippen molar-refractivity contribution in [3.63, 3.8) is 0 Å². The summed E-state index contributed by atoms with van der Waals surface area (Å²) < 4.78 is 24.1. The highest BCUT2D eigenvalue weighted by Crippen LogP contribution is 2.32. The number of anilines is 1. The van der Waals surface area contributed by atoms with Crippen LogP contribution in [0.25, 0.3) is 11.3 Å². The van der Waals surface area contributed by atoms with E-state index in [1.54, 1.807) is 45.1 Å². The molecule has 0 aliphatic carbocycles. The number of imidazole rings is 1. The summed E-state index contributed by atoms with van der Waals surface area (Å²) in [5, 5.41) is 5.66. The zero-order valence-corrected chi connectivity index (χ0v) is 31.5. The van der Waals surface area contributed by atoms with Crippen LogP contribution >= 0.6 is 0 Å². The fourth-order valence-corrected chi connectivity index (χ4v) is 5.46. The van der Waals surface area contributed by atoms with Crippen molar-refractivity contribution in [2.75, 3.05) is 19.0 Å². The molecule has 1 unspecified atom stereocenters. The first-order valence-electron chi connectivity index (χ1n) is 16.3. The maximum Gasteiger partial charge on any atom is 0.411 e. The number of carbonyl (C=O) groups excluding carboxylic acids is 3. The molecular formula is C36H56N4O7Si. The topological polar surface area (TPSA) is 130 Å². The molecule has 0 bridgehead atoms. The number of allylic oxidation sites excluding steroid dienone is 1. The zero-order valence-electron chi connectivity index (χ0n) is 30.5. The first-order valence-corrected chi connectivity index (χ1v) is 20.0. The smallest absolute Gasteiger partial charge is 0.411 e. The van der Waals surface area contributed by atoms with Gasteiger partial charge < -0.3 is 28.8 Å². The van der Waals surface area contributed by atoms with Gasteiger partial charge in [-0.25, -0.2) is 14.6 Å². The quantitative estimate of drug-likeness (QED) is 0.0594. The highest BCUT2D eigenvalue weighted by Gasteiger charge is 2.28. The molecular weight excluding hydrogens is 629 g/mol. The second kappa shape index (κ2) is 17.5. The third-order valence-electron chi connectivity index (χ3n) is 6.91. The van der Waals surface area contributed by atoms with Gasteiger partial charge in [0.1, 0.15) is 23.8 Å². The van der Waals surface area contributed by atoms with Crippen molar-refractivity contribution in [2.45, 2.75) is 110 Å². The molecule has 0 radical (unpaired) electrons. The van der Waals surface area contributed by atoms with Crippen LogP contribution in [-0.4, -0.2) is 60.7 Å². The summed E-state index contributed by atoms with van der Waals surface area (Å²) in [6, 6.07) is 5.81. The van der Waals surface area contributed by atoms with Crippen molar-refractivity contribution >= 4 is 31.9 Å². The lowest BCUT2D eigenvalue weighted by Crippen LogP contribution is -2.36. The molecule has 11 nitrogen and oxygen atoms in total. The van der Waals surface area contributed by atoms with Gasteiger partial charge in [0.15, 0.2) is 0 Å². The number of carbonyl (C=O) groups is 3. The van der Waals surface area contributed by atoms with Gasteiger partial charge in [-0.2, -0.15) is 0 Å². The summed E-state index contributed by atoms with van der Waals surface area (Å²) in [5.41, 5.74) is 1.22. The normalized spacial score (nSPS) is 13.2. The van der Waals surface area contributed by atoms with E-state index in [0.717, 1.165) is 17.2 Å². The molecule has 48 heavy (non-hydrogen) atoms. The summed E-state index contributed by atoms with van der Waals surface area (Å²) in [6.45, 7) is 26.3. The Balaban J connectivity index is 2.67. The number of hydrogen-bond acceptors (Lipinski definition) is 8. The van der Waals surface area contributed by atoms with E-state index in [4.69, 9.17) is 23.9 Å². The lowest BCUT2D eigenvalue weighted by Gasteiger charge is -2.24. The molecule has 1 aromatic heterocycles. The van der Waals surface area contributed by atoms with Crippen molar-refractivity contribution in [3.05, 3.63) is 61.1 Å². The lowest BCUT2D eigenvalue weighted by atomic mass is 9.91. The number of rotatable bonds is 16. The second-order valence-electron chi connectivity index (χ2n) is 15.0. The Morgan fingerprint density at radius 3 is 2.19 bits per heavy atom. The van der Waals surface area contributed by atoms with E-state index in [-0.39, 0.29) is 19.1 Å². The van der Waals surface area contributed by atoms with Gasteiger partial charge >= 0.3 is 18.2 Å². The molecule has 0 aliphatic rings. The summed E-state index contributed by atoms with van der Waals surface area (Å²) in [7, 11) is -0.0408.